The summed E-state index contributed by atoms with van der Waals surface area (Å²) < 4.78 is 1.09. The van der Waals surface area contributed by atoms with Gasteiger partial charge in [0.15, 0.2) is 0 Å². The number of thiol groups is 2. The topological polar surface area (TPSA) is 0 Å². The molecular formula is C9H18S6. The van der Waals surface area contributed by atoms with Crippen LogP contribution in [0, 0.1) is 0 Å². The average Bonchev–Trinajstić information content (AvgIpc) is 2.66. The lowest BCUT2D eigenvalue weighted by molar-refractivity contribution is 1.01. The van der Waals surface area contributed by atoms with Crippen molar-refractivity contribution in [2.45, 2.75) is 15.6 Å². The highest BCUT2D eigenvalue weighted by Gasteiger charge is 2.39. The molecule has 0 nitrogen and oxygen atoms in total. The summed E-state index contributed by atoms with van der Waals surface area (Å²) >= 11 is 17.0. The van der Waals surface area contributed by atoms with Gasteiger partial charge in [0.05, 0.1) is 8.66 Å². The first-order chi connectivity index (χ1) is 7.23. The van der Waals surface area contributed by atoms with Crippen LogP contribution < -0.4 is 0 Å². The Bertz CT molecular complexity index is 160. The van der Waals surface area contributed by atoms with Crippen molar-refractivity contribution in [1.29, 1.82) is 0 Å². The van der Waals surface area contributed by atoms with Gasteiger partial charge in [-0.25, -0.2) is 0 Å². The summed E-state index contributed by atoms with van der Waals surface area (Å²) in [5.41, 5.74) is 0. The molecule has 0 N–H and O–H groups in total. The Morgan fingerprint density at radius 1 is 1.13 bits per heavy atom. The van der Waals surface area contributed by atoms with Crippen LogP contribution in [0.25, 0.3) is 0 Å². The van der Waals surface area contributed by atoms with Crippen molar-refractivity contribution < 1.29 is 0 Å². The molecule has 1 aliphatic rings. The smallest absolute Gasteiger partial charge is 0.0792 e. The van der Waals surface area contributed by atoms with Crippen LogP contribution in [0.1, 0.15) is 6.92 Å². The minimum atomic E-state index is 0.404. The second-order valence-corrected chi connectivity index (χ2v) is 10.2. The molecule has 6 heteroatoms. The molecule has 0 aromatic heterocycles. The van der Waals surface area contributed by atoms with E-state index in [4.69, 9.17) is 0 Å². The van der Waals surface area contributed by atoms with Crippen molar-refractivity contribution in [2.24, 2.45) is 0 Å². The summed E-state index contributed by atoms with van der Waals surface area (Å²) in [5.74, 6) is 6.89. The lowest BCUT2D eigenvalue weighted by Gasteiger charge is -2.31. The van der Waals surface area contributed by atoms with E-state index in [0.29, 0.717) is 8.66 Å². The van der Waals surface area contributed by atoms with E-state index in [1.807, 2.05) is 0 Å². The minimum absolute atomic E-state index is 0.404. The normalized spacial score (nSPS) is 20.0. The molecule has 1 saturated heterocycles. The highest BCUT2D eigenvalue weighted by atomic mass is 32.2. The SMILES string of the molecule is CC1(C(SCCS)SCCS)SCCS1. The Balaban J connectivity index is 2.45. The van der Waals surface area contributed by atoms with Crippen molar-refractivity contribution in [3.05, 3.63) is 0 Å². The molecule has 0 spiro atoms. The van der Waals surface area contributed by atoms with E-state index in [2.05, 4.69) is 79.2 Å². The van der Waals surface area contributed by atoms with E-state index in [9.17, 15) is 0 Å². The number of hydrogen-bond donors (Lipinski definition) is 2. The van der Waals surface area contributed by atoms with E-state index >= 15 is 0 Å². The van der Waals surface area contributed by atoms with Crippen molar-refractivity contribution in [1.82, 2.24) is 0 Å². The molecule has 0 amide bonds. The third kappa shape index (κ3) is 5.08. The van der Waals surface area contributed by atoms with Crippen LogP contribution >= 0.6 is 72.3 Å². The Labute approximate surface area is 121 Å². The lowest BCUT2D eigenvalue weighted by Crippen LogP contribution is -2.26. The van der Waals surface area contributed by atoms with Crippen LogP contribution in [0.15, 0.2) is 0 Å². The maximum Gasteiger partial charge on any atom is 0.0792 e. The van der Waals surface area contributed by atoms with Gasteiger partial charge in [0.2, 0.25) is 0 Å². The van der Waals surface area contributed by atoms with E-state index in [1.165, 1.54) is 11.5 Å². The molecule has 1 rings (SSSR count). The monoisotopic (exact) mass is 318 g/mol. The number of hydrogen-bond acceptors (Lipinski definition) is 6. The Morgan fingerprint density at radius 3 is 2.00 bits per heavy atom. The van der Waals surface area contributed by atoms with Gasteiger partial charge in [0.1, 0.15) is 0 Å². The molecule has 15 heavy (non-hydrogen) atoms. The molecule has 0 aromatic carbocycles. The Morgan fingerprint density at radius 2 is 1.60 bits per heavy atom. The van der Waals surface area contributed by atoms with Crippen molar-refractivity contribution in [3.8, 4) is 0 Å². The zero-order valence-corrected chi connectivity index (χ0v) is 13.9. The van der Waals surface area contributed by atoms with Gasteiger partial charge in [-0.15, -0.1) is 47.0 Å². The molecular weight excluding hydrogens is 301 g/mol. The van der Waals surface area contributed by atoms with Crippen LogP contribution in [-0.2, 0) is 0 Å². The van der Waals surface area contributed by atoms with E-state index in [1.54, 1.807) is 0 Å². The molecule has 1 heterocycles. The van der Waals surface area contributed by atoms with Crippen molar-refractivity contribution >= 4 is 72.3 Å². The Hall–Kier alpha value is 2.10. The van der Waals surface area contributed by atoms with E-state index in [0.717, 1.165) is 23.0 Å². The van der Waals surface area contributed by atoms with Gasteiger partial charge < -0.3 is 0 Å². The summed E-state index contributed by atoms with van der Waals surface area (Å²) in [4.78, 5) is 0. The van der Waals surface area contributed by atoms with Crippen LogP contribution in [0.2, 0.25) is 0 Å². The highest BCUT2D eigenvalue weighted by molar-refractivity contribution is 8.26. The van der Waals surface area contributed by atoms with E-state index in [-0.39, 0.29) is 0 Å². The van der Waals surface area contributed by atoms with E-state index < -0.39 is 0 Å². The van der Waals surface area contributed by atoms with Gasteiger partial charge in [0, 0.05) is 23.0 Å². The quantitative estimate of drug-likeness (QED) is 0.540. The third-order valence-corrected chi connectivity index (χ3v) is 10.3. The fraction of sp³-hybridized carbons (Fsp3) is 1.00. The third-order valence-electron chi connectivity index (χ3n) is 2.01. The van der Waals surface area contributed by atoms with Crippen LogP contribution in [0.4, 0.5) is 0 Å². The second kappa shape index (κ2) is 8.25. The molecule has 0 aliphatic carbocycles. The minimum Gasteiger partial charge on any atom is -0.179 e. The molecule has 0 unspecified atom stereocenters. The van der Waals surface area contributed by atoms with Gasteiger partial charge >= 0.3 is 0 Å². The fourth-order valence-corrected chi connectivity index (χ4v) is 8.39. The molecule has 0 radical (unpaired) electrons. The van der Waals surface area contributed by atoms with Gasteiger partial charge in [0.25, 0.3) is 0 Å². The predicted molar refractivity (Wildman–Crippen MR) is 89.7 cm³/mol. The van der Waals surface area contributed by atoms with Gasteiger partial charge in [-0.1, -0.05) is 0 Å². The lowest BCUT2D eigenvalue weighted by atomic mass is 10.5. The molecule has 1 aliphatic heterocycles. The first-order valence-electron chi connectivity index (χ1n) is 4.96. The summed E-state index contributed by atoms with van der Waals surface area (Å²) in [6.07, 6.45) is 0. The zero-order valence-electron chi connectivity index (χ0n) is 8.85. The fourth-order valence-electron chi connectivity index (χ4n) is 1.34. The molecule has 1 fully saturated rings. The summed E-state index contributed by atoms with van der Waals surface area (Å²) in [7, 11) is 0. The molecule has 0 aromatic rings. The van der Waals surface area contributed by atoms with Crippen molar-refractivity contribution in [3.63, 3.8) is 0 Å². The van der Waals surface area contributed by atoms with Gasteiger partial charge in [-0.05, 0) is 18.4 Å². The summed E-state index contributed by atoms with van der Waals surface area (Å²) in [6, 6.07) is 0. The first kappa shape index (κ1) is 15.2. The number of thioether (sulfide) groups is 4. The molecule has 0 atom stereocenters. The standard InChI is InChI=1S/C9H18S6/c1-9(14-6-7-15-9)8(12-4-2-10)13-5-3-11/h8,10-11H,2-7H2,1H3. The average molecular weight is 319 g/mol. The maximum absolute atomic E-state index is 4.30. The highest BCUT2D eigenvalue weighted by Crippen LogP contribution is 2.53. The van der Waals surface area contributed by atoms with Crippen LogP contribution in [-0.4, -0.2) is 43.2 Å². The van der Waals surface area contributed by atoms with Crippen LogP contribution in [0.3, 0.4) is 0 Å². The predicted octanol–water partition coefficient (Wildman–Crippen LogP) is 3.83. The van der Waals surface area contributed by atoms with Crippen LogP contribution in [0.5, 0.6) is 0 Å². The number of rotatable bonds is 7. The maximum atomic E-state index is 4.30. The summed E-state index contributed by atoms with van der Waals surface area (Å²) in [6.45, 7) is 2.40. The summed E-state index contributed by atoms with van der Waals surface area (Å²) in [5, 5.41) is 0. The zero-order chi connectivity index (χ0) is 11.1. The Kier molecular flexibility index (Phi) is 8.33. The second-order valence-electron chi connectivity index (χ2n) is 3.23. The molecule has 90 valence electrons. The largest absolute Gasteiger partial charge is 0.179 e. The van der Waals surface area contributed by atoms with Gasteiger partial charge in [-0.2, -0.15) is 25.3 Å². The van der Waals surface area contributed by atoms with Gasteiger partial charge in [-0.3, -0.25) is 0 Å². The molecule has 0 bridgehead atoms. The van der Waals surface area contributed by atoms with Crippen molar-refractivity contribution in [2.75, 3.05) is 34.5 Å². The molecule has 0 saturated carbocycles. The first-order valence-corrected chi connectivity index (χ1v) is 10.3.